The second-order valence-corrected chi connectivity index (χ2v) is 4.28. The lowest BCUT2D eigenvalue weighted by molar-refractivity contribution is 0.474. The van der Waals surface area contributed by atoms with Gasteiger partial charge in [-0.05, 0) is 31.5 Å². The number of phenols is 1. The van der Waals surface area contributed by atoms with Crippen molar-refractivity contribution in [3.63, 3.8) is 0 Å². The number of hydrogen-bond acceptors (Lipinski definition) is 3. The van der Waals surface area contributed by atoms with E-state index in [-0.39, 0.29) is 12.4 Å². The standard InChI is InChI=1S/C13H17N3O.ClH/c1-10(2)16-13(6-7-15-16)14-9-11-4-3-5-12(17)8-11;/h3-8,10,14,17H,9H2,1-2H3;1H. The summed E-state index contributed by atoms with van der Waals surface area (Å²) < 4.78 is 1.93. The van der Waals surface area contributed by atoms with E-state index >= 15 is 0 Å². The zero-order valence-electron chi connectivity index (χ0n) is 10.5. The smallest absolute Gasteiger partial charge is 0.124 e. The van der Waals surface area contributed by atoms with Crippen LogP contribution in [0, 0.1) is 0 Å². The number of halogens is 1. The van der Waals surface area contributed by atoms with Gasteiger partial charge in [0, 0.05) is 18.7 Å². The molecule has 1 heterocycles. The summed E-state index contributed by atoms with van der Waals surface area (Å²) in [4.78, 5) is 0. The van der Waals surface area contributed by atoms with Gasteiger partial charge >= 0.3 is 0 Å². The van der Waals surface area contributed by atoms with Gasteiger partial charge in [0.2, 0.25) is 0 Å². The minimum Gasteiger partial charge on any atom is -0.508 e. The second kappa shape index (κ2) is 6.31. The zero-order valence-corrected chi connectivity index (χ0v) is 11.3. The molecule has 0 atom stereocenters. The Kier molecular flexibility index (Phi) is 5.04. The first-order valence-electron chi connectivity index (χ1n) is 5.72. The van der Waals surface area contributed by atoms with Crippen LogP contribution in [0.5, 0.6) is 5.75 Å². The molecule has 0 fully saturated rings. The third-order valence-corrected chi connectivity index (χ3v) is 2.54. The van der Waals surface area contributed by atoms with Crippen molar-refractivity contribution < 1.29 is 5.11 Å². The van der Waals surface area contributed by atoms with Crippen LogP contribution in [0.25, 0.3) is 0 Å². The molecular formula is C13H18ClN3O. The van der Waals surface area contributed by atoms with Crippen LogP contribution in [-0.2, 0) is 6.54 Å². The van der Waals surface area contributed by atoms with Gasteiger partial charge in [-0.1, -0.05) is 12.1 Å². The van der Waals surface area contributed by atoms with Gasteiger partial charge in [-0.2, -0.15) is 5.10 Å². The average molecular weight is 268 g/mol. The van der Waals surface area contributed by atoms with Crippen LogP contribution < -0.4 is 5.32 Å². The fourth-order valence-electron chi connectivity index (χ4n) is 1.72. The van der Waals surface area contributed by atoms with E-state index < -0.39 is 0 Å². The molecule has 0 aliphatic heterocycles. The maximum absolute atomic E-state index is 9.37. The molecule has 0 saturated heterocycles. The first-order valence-corrected chi connectivity index (χ1v) is 5.72. The van der Waals surface area contributed by atoms with E-state index in [0.29, 0.717) is 18.3 Å². The van der Waals surface area contributed by atoms with E-state index in [1.165, 1.54) is 0 Å². The molecule has 0 bridgehead atoms. The number of aromatic hydroxyl groups is 1. The number of hydrogen-bond donors (Lipinski definition) is 2. The Labute approximate surface area is 113 Å². The van der Waals surface area contributed by atoms with E-state index in [4.69, 9.17) is 0 Å². The van der Waals surface area contributed by atoms with E-state index in [0.717, 1.165) is 11.4 Å². The van der Waals surface area contributed by atoms with Crippen molar-refractivity contribution in [3.05, 3.63) is 42.1 Å². The van der Waals surface area contributed by atoms with Crippen molar-refractivity contribution in [2.24, 2.45) is 0 Å². The Morgan fingerprint density at radius 1 is 1.33 bits per heavy atom. The fraction of sp³-hybridized carbons (Fsp3) is 0.308. The SMILES string of the molecule is CC(C)n1nccc1NCc1cccc(O)c1.Cl. The monoisotopic (exact) mass is 267 g/mol. The highest BCUT2D eigenvalue weighted by atomic mass is 35.5. The summed E-state index contributed by atoms with van der Waals surface area (Å²) in [5, 5.41) is 16.9. The highest BCUT2D eigenvalue weighted by molar-refractivity contribution is 5.85. The van der Waals surface area contributed by atoms with Crippen LogP contribution in [0.3, 0.4) is 0 Å². The zero-order chi connectivity index (χ0) is 12.3. The van der Waals surface area contributed by atoms with Crippen molar-refractivity contribution in [3.8, 4) is 5.75 Å². The van der Waals surface area contributed by atoms with Gasteiger partial charge in [0.15, 0.2) is 0 Å². The van der Waals surface area contributed by atoms with Crippen molar-refractivity contribution in [1.29, 1.82) is 0 Å². The highest BCUT2D eigenvalue weighted by Crippen LogP contribution is 2.16. The number of phenolic OH excluding ortho intramolecular Hbond substituents is 1. The minimum absolute atomic E-state index is 0. The molecule has 0 aliphatic carbocycles. The molecule has 2 N–H and O–H groups in total. The summed E-state index contributed by atoms with van der Waals surface area (Å²) in [5.41, 5.74) is 1.04. The number of nitrogens with zero attached hydrogens (tertiary/aromatic N) is 2. The van der Waals surface area contributed by atoms with Gasteiger partial charge in [0.1, 0.15) is 11.6 Å². The third kappa shape index (κ3) is 3.40. The van der Waals surface area contributed by atoms with Gasteiger partial charge in [-0.3, -0.25) is 0 Å². The van der Waals surface area contributed by atoms with Crippen molar-refractivity contribution >= 4 is 18.2 Å². The van der Waals surface area contributed by atoms with Crippen LogP contribution >= 0.6 is 12.4 Å². The maximum Gasteiger partial charge on any atom is 0.124 e. The fourth-order valence-corrected chi connectivity index (χ4v) is 1.72. The molecule has 18 heavy (non-hydrogen) atoms. The van der Waals surface area contributed by atoms with Gasteiger partial charge in [0.25, 0.3) is 0 Å². The molecule has 98 valence electrons. The topological polar surface area (TPSA) is 50.1 Å². The van der Waals surface area contributed by atoms with Gasteiger partial charge < -0.3 is 10.4 Å². The largest absolute Gasteiger partial charge is 0.508 e. The molecule has 0 amide bonds. The molecule has 2 aromatic rings. The lowest BCUT2D eigenvalue weighted by Crippen LogP contribution is -2.09. The van der Waals surface area contributed by atoms with E-state index in [2.05, 4.69) is 24.3 Å². The number of anilines is 1. The van der Waals surface area contributed by atoms with Crippen LogP contribution in [0.15, 0.2) is 36.5 Å². The lowest BCUT2D eigenvalue weighted by Gasteiger charge is -2.12. The summed E-state index contributed by atoms with van der Waals surface area (Å²) >= 11 is 0. The average Bonchev–Trinajstić information content (AvgIpc) is 2.74. The van der Waals surface area contributed by atoms with Crippen molar-refractivity contribution in [1.82, 2.24) is 9.78 Å². The summed E-state index contributed by atoms with van der Waals surface area (Å²) in [7, 11) is 0. The minimum atomic E-state index is 0. The molecular weight excluding hydrogens is 250 g/mol. The van der Waals surface area contributed by atoms with Crippen LogP contribution in [0.1, 0.15) is 25.5 Å². The number of aromatic nitrogens is 2. The molecule has 5 heteroatoms. The summed E-state index contributed by atoms with van der Waals surface area (Å²) in [5.74, 6) is 1.28. The molecule has 4 nitrogen and oxygen atoms in total. The van der Waals surface area contributed by atoms with E-state index in [1.54, 1.807) is 18.3 Å². The van der Waals surface area contributed by atoms with Gasteiger partial charge in [-0.25, -0.2) is 4.68 Å². The maximum atomic E-state index is 9.37. The number of rotatable bonds is 4. The Hall–Kier alpha value is -1.68. The Morgan fingerprint density at radius 2 is 2.11 bits per heavy atom. The molecule has 2 rings (SSSR count). The molecule has 0 unspecified atom stereocenters. The quantitative estimate of drug-likeness (QED) is 0.894. The van der Waals surface area contributed by atoms with Crippen molar-refractivity contribution in [2.75, 3.05) is 5.32 Å². The summed E-state index contributed by atoms with van der Waals surface area (Å²) in [6.45, 7) is 4.85. The summed E-state index contributed by atoms with van der Waals surface area (Å²) in [6.07, 6.45) is 1.78. The molecule has 0 spiro atoms. The summed E-state index contributed by atoms with van der Waals surface area (Å²) in [6, 6.07) is 9.51. The van der Waals surface area contributed by atoms with Crippen LogP contribution in [-0.4, -0.2) is 14.9 Å². The first-order chi connectivity index (χ1) is 8.16. The predicted octanol–water partition coefficient (Wildman–Crippen LogP) is 3.20. The second-order valence-electron chi connectivity index (χ2n) is 4.28. The van der Waals surface area contributed by atoms with Crippen molar-refractivity contribution in [2.45, 2.75) is 26.4 Å². The number of nitrogens with one attached hydrogen (secondary N) is 1. The van der Waals surface area contributed by atoms with Gasteiger partial charge in [0.05, 0.1) is 6.20 Å². The van der Waals surface area contributed by atoms with Gasteiger partial charge in [-0.15, -0.1) is 12.4 Å². The third-order valence-electron chi connectivity index (χ3n) is 2.54. The van der Waals surface area contributed by atoms with Crippen LogP contribution in [0.4, 0.5) is 5.82 Å². The first kappa shape index (κ1) is 14.4. The molecule has 0 radical (unpaired) electrons. The lowest BCUT2D eigenvalue weighted by atomic mass is 10.2. The Balaban J connectivity index is 0.00000162. The van der Waals surface area contributed by atoms with Crippen LogP contribution in [0.2, 0.25) is 0 Å². The predicted molar refractivity (Wildman–Crippen MR) is 75.3 cm³/mol. The Morgan fingerprint density at radius 3 is 2.78 bits per heavy atom. The molecule has 0 saturated carbocycles. The highest BCUT2D eigenvalue weighted by Gasteiger charge is 2.05. The van der Waals surface area contributed by atoms with E-state index in [1.807, 2.05) is 22.9 Å². The Bertz CT molecular complexity index is 496. The normalized spacial score (nSPS) is 10.2. The molecule has 1 aromatic carbocycles. The number of benzene rings is 1. The van der Waals surface area contributed by atoms with E-state index in [9.17, 15) is 5.11 Å². The molecule has 0 aliphatic rings. The molecule has 1 aromatic heterocycles.